The molecule has 0 N–H and O–H groups in total. The standard InChI is InChI=1S/C16H14F3NO3/c1-22-14-6-11(5-13(7-14)16(17,18)19)12-3-10(8-20-9-12)4-15(21)23-2/h3,5-9H,4H2,1-2H3. The van der Waals surface area contributed by atoms with E-state index in [0.717, 1.165) is 12.1 Å². The van der Waals surface area contributed by atoms with Crippen LogP contribution in [0.5, 0.6) is 5.75 Å². The highest BCUT2D eigenvalue weighted by atomic mass is 19.4. The minimum atomic E-state index is -4.49. The topological polar surface area (TPSA) is 48.4 Å². The number of nitrogens with zero attached hydrogens (tertiary/aromatic N) is 1. The zero-order chi connectivity index (χ0) is 17.0. The van der Waals surface area contributed by atoms with E-state index >= 15 is 0 Å². The summed E-state index contributed by atoms with van der Waals surface area (Å²) in [5, 5.41) is 0. The number of rotatable bonds is 4. The second-order valence-electron chi connectivity index (χ2n) is 4.78. The molecule has 0 spiro atoms. The Bertz CT molecular complexity index is 714. The molecule has 0 amide bonds. The van der Waals surface area contributed by atoms with Gasteiger partial charge in [0.2, 0.25) is 0 Å². The van der Waals surface area contributed by atoms with Gasteiger partial charge in [0.05, 0.1) is 26.2 Å². The molecule has 2 rings (SSSR count). The van der Waals surface area contributed by atoms with Crippen LogP contribution in [0.1, 0.15) is 11.1 Å². The first-order valence-electron chi connectivity index (χ1n) is 6.61. The zero-order valence-corrected chi connectivity index (χ0v) is 12.5. The van der Waals surface area contributed by atoms with Crippen molar-refractivity contribution in [3.63, 3.8) is 0 Å². The molecule has 23 heavy (non-hydrogen) atoms. The van der Waals surface area contributed by atoms with Crippen LogP contribution >= 0.6 is 0 Å². The number of hydrogen-bond acceptors (Lipinski definition) is 4. The third-order valence-electron chi connectivity index (χ3n) is 3.17. The Balaban J connectivity index is 2.45. The van der Waals surface area contributed by atoms with Crippen molar-refractivity contribution in [3.8, 4) is 16.9 Å². The van der Waals surface area contributed by atoms with E-state index in [-0.39, 0.29) is 12.2 Å². The summed E-state index contributed by atoms with van der Waals surface area (Å²) in [4.78, 5) is 15.3. The van der Waals surface area contributed by atoms with E-state index in [9.17, 15) is 18.0 Å². The van der Waals surface area contributed by atoms with E-state index in [0.29, 0.717) is 16.7 Å². The van der Waals surface area contributed by atoms with Gasteiger partial charge in [-0.1, -0.05) is 0 Å². The fourth-order valence-corrected chi connectivity index (χ4v) is 2.03. The summed E-state index contributed by atoms with van der Waals surface area (Å²) >= 11 is 0. The van der Waals surface area contributed by atoms with Crippen LogP contribution in [0, 0.1) is 0 Å². The lowest BCUT2D eigenvalue weighted by Gasteiger charge is -2.12. The lowest BCUT2D eigenvalue weighted by Crippen LogP contribution is -2.06. The van der Waals surface area contributed by atoms with Gasteiger partial charge in [-0.3, -0.25) is 9.78 Å². The van der Waals surface area contributed by atoms with Crippen molar-refractivity contribution in [2.24, 2.45) is 0 Å². The molecule has 1 heterocycles. The van der Waals surface area contributed by atoms with Crippen molar-refractivity contribution in [3.05, 3.63) is 47.8 Å². The van der Waals surface area contributed by atoms with Gasteiger partial charge in [-0.2, -0.15) is 13.2 Å². The van der Waals surface area contributed by atoms with Crippen molar-refractivity contribution >= 4 is 5.97 Å². The van der Waals surface area contributed by atoms with Gasteiger partial charge in [-0.25, -0.2) is 0 Å². The molecule has 1 aromatic carbocycles. The maximum Gasteiger partial charge on any atom is 0.416 e. The van der Waals surface area contributed by atoms with Gasteiger partial charge >= 0.3 is 12.1 Å². The maximum absolute atomic E-state index is 13.0. The molecule has 7 heteroatoms. The maximum atomic E-state index is 13.0. The van der Waals surface area contributed by atoms with Gasteiger partial charge < -0.3 is 9.47 Å². The molecule has 0 aliphatic rings. The molecule has 0 aliphatic carbocycles. The quantitative estimate of drug-likeness (QED) is 0.808. The molecule has 2 aromatic rings. The molecule has 0 radical (unpaired) electrons. The summed E-state index contributed by atoms with van der Waals surface area (Å²) in [5.41, 5.74) is 0.489. The number of pyridine rings is 1. The highest BCUT2D eigenvalue weighted by Crippen LogP contribution is 2.35. The second kappa shape index (κ2) is 6.68. The summed E-state index contributed by atoms with van der Waals surface area (Å²) in [5.74, 6) is -0.362. The van der Waals surface area contributed by atoms with Gasteiger partial charge in [-0.05, 0) is 35.4 Å². The Hall–Kier alpha value is -2.57. The second-order valence-corrected chi connectivity index (χ2v) is 4.78. The molecule has 122 valence electrons. The predicted molar refractivity (Wildman–Crippen MR) is 76.9 cm³/mol. The van der Waals surface area contributed by atoms with Crippen LogP contribution in [-0.4, -0.2) is 25.2 Å². The first-order chi connectivity index (χ1) is 10.8. The molecular weight excluding hydrogens is 311 g/mol. The molecule has 1 aromatic heterocycles. The minimum Gasteiger partial charge on any atom is -0.497 e. The van der Waals surface area contributed by atoms with Gasteiger partial charge in [0, 0.05) is 18.0 Å². The van der Waals surface area contributed by atoms with E-state index in [1.165, 1.54) is 32.7 Å². The Kier molecular flexibility index (Phi) is 4.88. The van der Waals surface area contributed by atoms with Crippen LogP contribution < -0.4 is 4.74 Å². The first-order valence-corrected chi connectivity index (χ1v) is 6.61. The van der Waals surface area contributed by atoms with Gasteiger partial charge in [0.1, 0.15) is 5.75 Å². The number of alkyl halides is 3. The summed E-state index contributed by atoms with van der Waals surface area (Å²) in [6.45, 7) is 0. The third-order valence-corrected chi connectivity index (χ3v) is 3.17. The number of benzene rings is 1. The first kappa shape index (κ1) is 16.8. The Morgan fingerprint density at radius 3 is 2.43 bits per heavy atom. The predicted octanol–water partition coefficient (Wildman–Crippen LogP) is 3.49. The SMILES string of the molecule is COC(=O)Cc1cncc(-c2cc(OC)cc(C(F)(F)F)c2)c1. The van der Waals surface area contributed by atoms with Crippen LogP contribution in [0.4, 0.5) is 13.2 Å². The smallest absolute Gasteiger partial charge is 0.416 e. The van der Waals surface area contributed by atoms with Crippen molar-refractivity contribution < 1.29 is 27.4 Å². The zero-order valence-electron chi connectivity index (χ0n) is 12.5. The van der Waals surface area contributed by atoms with Crippen LogP contribution in [0.3, 0.4) is 0 Å². The summed E-state index contributed by atoms with van der Waals surface area (Å²) < 4.78 is 48.4. The van der Waals surface area contributed by atoms with Crippen LogP contribution in [0.2, 0.25) is 0 Å². The third kappa shape index (κ3) is 4.21. The van der Waals surface area contributed by atoms with Crippen LogP contribution in [0.15, 0.2) is 36.7 Å². The van der Waals surface area contributed by atoms with Crippen molar-refractivity contribution in [2.45, 2.75) is 12.6 Å². The molecular formula is C16H14F3NO3. The lowest BCUT2D eigenvalue weighted by atomic mass is 10.0. The molecule has 4 nitrogen and oxygen atoms in total. The van der Waals surface area contributed by atoms with Crippen molar-refractivity contribution in [2.75, 3.05) is 14.2 Å². The fraction of sp³-hybridized carbons (Fsp3) is 0.250. The summed E-state index contributed by atoms with van der Waals surface area (Å²) in [7, 11) is 2.56. The molecule has 0 bridgehead atoms. The number of halogens is 3. The Morgan fingerprint density at radius 2 is 1.83 bits per heavy atom. The van der Waals surface area contributed by atoms with E-state index in [4.69, 9.17) is 4.74 Å². The lowest BCUT2D eigenvalue weighted by molar-refractivity contribution is -0.140. The van der Waals surface area contributed by atoms with E-state index in [2.05, 4.69) is 9.72 Å². The molecule has 0 fully saturated rings. The molecule has 0 atom stereocenters. The van der Waals surface area contributed by atoms with Gasteiger partial charge in [0.25, 0.3) is 0 Å². The van der Waals surface area contributed by atoms with E-state index in [1.54, 1.807) is 6.07 Å². The highest BCUT2D eigenvalue weighted by Gasteiger charge is 2.31. The number of methoxy groups -OCH3 is 2. The molecule has 0 saturated carbocycles. The summed E-state index contributed by atoms with van der Waals surface area (Å²) in [6, 6.07) is 5.02. The van der Waals surface area contributed by atoms with Crippen LogP contribution in [0.25, 0.3) is 11.1 Å². The monoisotopic (exact) mass is 325 g/mol. The van der Waals surface area contributed by atoms with E-state index < -0.39 is 17.7 Å². The van der Waals surface area contributed by atoms with Crippen molar-refractivity contribution in [1.29, 1.82) is 0 Å². The Morgan fingerprint density at radius 1 is 1.09 bits per heavy atom. The number of carbonyl (C=O) groups excluding carboxylic acids is 1. The average Bonchev–Trinajstić information content (AvgIpc) is 2.53. The Labute approximate surface area is 130 Å². The highest BCUT2D eigenvalue weighted by molar-refractivity contribution is 5.73. The average molecular weight is 325 g/mol. The number of esters is 1. The fourth-order valence-electron chi connectivity index (χ4n) is 2.03. The molecule has 0 unspecified atom stereocenters. The minimum absolute atomic E-state index is 0.00651. The van der Waals surface area contributed by atoms with Crippen LogP contribution in [-0.2, 0) is 22.1 Å². The van der Waals surface area contributed by atoms with Gasteiger partial charge in [0.15, 0.2) is 0 Å². The number of hydrogen-bond donors (Lipinski definition) is 0. The molecule has 0 saturated heterocycles. The largest absolute Gasteiger partial charge is 0.497 e. The number of aromatic nitrogens is 1. The van der Waals surface area contributed by atoms with Gasteiger partial charge in [-0.15, -0.1) is 0 Å². The van der Waals surface area contributed by atoms with Crippen molar-refractivity contribution in [1.82, 2.24) is 4.98 Å². The normalized spacial score (nSPS) is 11.2. The number of carbonyl (C=O) groups is 1. The number of ether oxygens (including phenoxy) is 2. The summed E-state index contributed by atoms with van der Waals surface area (Å²) in [6.07, 6.45) is -1.60. The van der Waals surface area contributed by atoms with E-state index in [1.807, 2.05) is 0 Å². The molecule has 0 aliphatic heterocycles.